The van der Waals surface area contributed by atoms with E-state index in [9.17, 15) is 24.5 Å². The van der Waals surface area contributed by atoms with E-state index >= 15 is 0 Å². The molecule has 0 aromatic heterocycles. The molecule has 0 saturated carbocycles. The first-order valence-corrected chi connectivity index (χ1v) is 12.8. The Balaban J connectivity index is 1.49. The second-order valence-electron chi connectivity index (χ2n) is 11.1. The van der Waals surface area contributed by atoms with Crippen LogP contribution in [-0.2, 0) is 14.3 Å². The van der Waals surface area contributed by atoms with Crippen molar-refractivity contribution in [2.45, 2.75) is 51.4 Å². The molecule has 3 fully saturated rings. The topological polar surface area (TPSA) is 125 Å². The summed E-state index contributed by atoms with van der Waals surface area (Å²) in [4.78, 5) is 50.0. The number of amides is 1. The number of para-hydroxylation sites is 1. The number of hydrogen-bond acceptors (Lipinski definition) is 7. The van der Waals surface area contributed by atoms with Gasteiger partial charge in [0.15, 0.2) is 12.1 Å². The number of rotatable bonds is 8. The number of nitrogens with zero attached hydrogens (tertiary/aromatic N) is 2. The average molecular weight is 525 g/mol. The summed E-state index contributed by atoms with van der Waals surface area (Å²) in [5.74, 6) is -0.737. The molecule has 5 rings (SSSR count). The van der Waals surface area contributed by atoms with Crippen molar-refractivity contribution in [1.29, 1.82) is 0 Å². The van der Waals surface area contributed by atoms with Gasteiger partial charge in [0, 0.05) is 24.8 Å². The highest BCUT2D eigenvalue weighted by Gasteiger charge is 2.49. The first-order chi connectivity index (χ1) is 18.0. The minimum Gasteiger partial charge on any atom is -0.454 e. The Bertz CT molecular complexity index is 1200. The average Bonchev–Trinajstić information content (AvgIpc) is 2.87. The summed E-state index contributed by atoms with van der Waals surface area (Å²) in [6.45, 7) is 7.24. The smallest absolute Gasteiger partial charge is 0.408 e. The molecule has 3 aliphatic rings. The zero-order chi connectivity index (χ0) is 27.5. The Labute approximate surface area is 221 Å². The lowest BCUT2D eigenvalue weighted by atomic mass is 9.82. The van der Waals surface area contributed by atoms with E-state index in [1.54, 1.807) is 51.1 Å². The monoisotopic (exact) mass is 524 g/mol. The van der Waals surface area contributed by atoms with E-state index in [1.807, 2.05) is 6.07 Å². The first-order valence-electron chi connectivity index (χ1n) is 12.8. The summed E-state index contributed by atoms with van der Waals surface area (Å²) in [5, 5.41) is 14.1. The number of alkyl carbamates (subject to hydrolysis) is 1. The lowest BCUT2D eigenvalue weighted by Crippen LogP contribution is -2.66. The molecule has 3 aliphatic heterocycles. The number of nitro groups is 1. The van der Waals surface area contributed by atoms with Gasteiger partial charge in [-0.15, -0.1) is 0 Å². The van der Waals surface area contributed by atoms with Gasteiger partial charge >= 0.3 is 12.1 Å². The Hall–Kier alpha value is -3.79. The highest BCUT2D eigenvalue weighted by Crippen LogP contribution is 2.37. The maximum atomic E-state index is 13.4. The normalized spacial score (nSPS) is 23.2. The van der Waals surface area contributed by atoms with Crippen LogP contribution < -0.4 is 5.32 Å². The summed E-state index contributed by atoms with van der Waals surface area (Å²) in [7, 11) is 0. The first kappa shape index (κ1) is 27.3. The van der Waals surface area contributed by atoms with E-state index in [-0.39, 0.29) is 29.5 Å². The van der Waals surface area contributed by atoms with E-state index in [1.165, 1.54) is 18.2 Å². The van der Waals surface area contributed by atoms with Crippen LogP contribution in [0.15, 0.2) is 54.6 Å². The number of nitrogens with one attached hydrogen (secondary N) is 1. The molecule has 2 bridgehead atoms. The Kier molecular flexibility index (Phi) is 7.82. The Morgan fingerprint density at radius 1 is 1.05 bits per heavy atom. The van der Waals surface area contributed by atoms with Gasteiger partial charge in [-0.2, -0.15) is 0 Å². The van der Waals surface area contributed by atoms with Crippen molar-refractivity contribution in [1.82, 2.24) is 5.32 Å². The molecule has 3 heterocycles. The lowest BCUT2D eigenvalue weighted by Gasteiger charge is -2.51. The van der Waals surface area contributed by atoms with Crippen molar-refractivity contribution in [3.63, 3.8) is 0 Å². The van der Waals surface area contributed by atoms with Gasteiger partial charge in [0.1, 0.15) is 24.3 Å². The molecule has 0 aliphatic carbocycles. The minimum atomic E-state index is -1.05. The quantitative estimate of drug-likeness (QED) is 0.180. The molecule has 1 unspecified atom stereocenters. The van der Waals surface area contributed by atoms with Crippen molar-refractivity contribution in [2.24, 2.45) is 5.92 Å². The molecular weight excluding hydrogens is 490 g/mol. The van der Waals surface area contributed by atoms with Gasteiger partial charge in [0.2, 0.25) is 5.78 Å². The minimum absolute atomic E-state index is 0.0944. The number of esters is 1. The third kappa shape index (κ3) is 6.36. The molecule has 1 amide bonds. The fourth-order valence-corrected chi connectivity index (χ4v) is 5.40. The summed E-state index contributed by atoms with van der Waals surface area (Å²) in [6.07, 6.45) is 0.390. The number of carbonyl (C=O) groups excluding carboxylic acids is 3. The van der Waals surface area contributed by atoms with Crippen LogP contribution in [0.3, 0.4) is 0 Å². The number of quaternary nitrogens is 1. The van der Waals surface area contributed by atoms with Crippen LogP contribution in [0.1, 0.15) is 55.6 Å². The molecule has 0 radical (unpaired) electrons. The van der Waals surface area contributed by atoms with E-state index in [0.29, 0.717) is 16.6 Å². The predicted molar refractivity (Wildman–Crippen MR) is 138 cm³/mol. The molecule has 10 heteroatoms. The fourth-order valence-electron chi connectivity index (χ4n) is 5.40. The van der Waals surface area contributed by atoms with Crippen LogP contribution in [0.5, 0.6) is 0 Å². The second-order valence-corrected chi connectivity index (χ2v) is 11.1. The number of hydrogen-bond donors (Lipinski definition) is 1. The van der Waals surface area contributed by atoms with Crippen molar-refractivity contribution >= 4 is 23.5 Å². The number of ether oxygens (including phenoxy) is 2. The van der Waals surface area contributed by atoms with Crippen LogP contribution in [0.25, 0.3) is 0 Å². The van der Waals surface area contributed by atoms with Crippen molar-refractivity contribution in [3.8, 4) is 0 Å². The van der Waals surface area contributed by atoms with Gasteiger partial charge in [-0.1, -0.05) is 42.5 Å². The van der Waals surface area contributed by atoms with E-state index in [2.05, 4.69) is 5.32 Å². The van der Waals surface area contributed by atoms with Gasteiger partial charge in [-0.3, -0.25) is 14.9 Å². The van der Waals surface area contributed by atoms with E-state index in [0.717, 1.165) is 25.9 Å². The molecule has 3 saturated heterocycles. The number of benzene rings is 2. The second kappa shape index (κ2) is 10.9. The van der Waals surface area contributed by atoms with Gasteiger partial charge < -0.3 is 19.3 Å². The lowest BCUT2D eigenvalue weighted by molar-refractivity contribution is -0.938. The van der Waals surface area contributed by atoms with Gasteiger partial charge in [0.05, 0.1) is 18.0 Å². The molecule has 1 N–H and O–H groups in total. The van der Waals surface area contributed by atoms with Crippen molar-refractivity contribution < 1.29 is 33.3 Å². The Morgan fingerprint density at radius 2 is 1.68 bits per heavy atom. The largest absolute Gasteiger partial charge is 0.454 e. The van der Waals surface area contributed by atoms with Crippen molar-refractivity contribution in [3.05, 3.63) is 75.8 Å². The van der Waals surface area contributed by atoms with E-state index < -0.39 is 34.7 Å². The molecule has 0 spiro atoms. The number of nitro benzene ring substituents is 1. The highest BCUT2D eigenvalue weighted by molar-refractivity contribution is 6.00. The van der Waals surface area contributed by atoms with Gasteiger partial charge in [0.25, 0.3) is 5.69 Å². The third-order valence-electron chi connectivity index (χ3n) is 7.22. The maximum Gasteiger partial charge on any atom is 0.408 e. The van der Waals surface area contributed by atoms with Crippen LogP contribution >= 0.6 is 0 Å². The van der Waals surface area contributed by atoms with Crippen LogP contribution in [0.4, 0.5) is 10.5 Å². The summed E-state index contributed by atoms with van der Waals surface area (Å²) in [5.41, 5.74) is -0.274. The molecule has 10 nitrogen and oxygen atoms in total. The van der Waals surface area contributed by atoms with Crippen LogP contribution in [0.2, 0.25) is 0 Å². The summed E-state index contributed by atoms with van der Waals surface area (Å²) < 4.78 is 11.8. The van der Waals surface area contributed by atoms with Crippen LogP contribution in [-0.4, -0.2) is 65.1 Å². The number of piperidine rings is 3. The number of carbonyl (C=O) groups is 3. The fraction of sp³-hybridized carbons (Fsp3) is 0.464. The van der Waals surface area contributed by atoms with Gasteiger partial charge in [-0.25, -0.2) is 9.59 Å². The van der Waals surface area contributed by atoms with Gasteiger partial charge in [-0.05, 0) is 32.4 Å². The number of fused-ring (bicyclic) bond motifs is 3. The highest BCUT2D eigenvalue weighted by atomic mass is 16.6. The summed E-state index contributed by atoms with van der Waals surface area (Å²) >= 11 is 0. The maximum absolute atomic E-state index is 13.4. The standard InChI is InChI=1S/C28H33N3O7/c1-28(2,3)38-27(34)29-25(20-9-5-4-6-10-20)26(33)37-24-18-31(15-13-19(24)14-16-31)17-23(32)21-11-7-8-12-22(21)30(35)36/h4-12,19,24-25H,13-18H2,1-3H3/p+1/t19?,24-,25?,31?/m0/s1. The number of ketones is 1. The van der Waals surface area contributed by atoms with E-state index in [4.69, 9.17) is 9.47 Å². The molecule has 2 atom stereocenters. The third-order valence-corrected chi connectivity index (χ3v) is 7.22. The molecular formula is C28H34N3O7+. The Morgan fingerprint density at radius 3 is 2.32 bits per heavy atom. The molecule has 2 aromatic rings. The molecule has 38 heavy (non-hydrogen) atoms. The van der Waals surface area contributed by atoms with Crippen LogP contribution in [0, 0.1) is 16.0 Å². The van der Waals surface area contributed by atoms with Crippen molar-refractivity contribution in [2.75, 3.05) is 26.2 Å². The number of Topliss-reactive ketones (excluding diaryl/α,β-unsaturated/α-hetero) is 1. The SMILES string of the molecule is CC(C)(C)OC(=O)NC(C(=O)O[C@H]1C[N+]2(CC(=O)c3ccccc3[N+](=O)[O-])CCC1CC2)c1ccccc1. The zero-order valence-corrected chi connectivity index (χ0v) is 21.9. The molecule has 2 aromatic carbocycles. The molecule has 202 valence electrons. The summed E-state index contributed by atoms with van der Waals surface area (Å²) in [6, 6.07) is 13.8. The zero-order valence-electron chi connectivity index (χ0n) is 21.9. The predicted octanol–water partition coefficient (Wildman–Crippen LogP) is 4.20.